The summed E-state index contributed by atoms with van der Waals surface area (Å²) in [5.74, 6) is -1.79. The van der Waals surface area contributed by atoms with E-state index in [1.54, 1.807) is 24.3 Å². The van der Waals surface area contributed by atoms with Gasteiger partial charge in [-0.2, -0.15) is 0 Å². The average Bonchev–Trinajstić information content (AvgIpc) is 2.63. The van der Waals surface area contributed by atoms with E-state index in [1.807, 2.05) is 0 Å². The highest BCUT2D eigenvalue weighted by Crippen LogP contribution is 2.32. The Hall–Kier alpha value is -2.14. The number of aromatic carboxylic acids is 1. The number of furan rings is 1. The van der Waals surface area contributed by atoms with Gasteiger partial charge in [-0.15, -0.1) is 0 Å². The molecule has 2 aromatic rings. The molecule has 3 N–H and O–H groups in total. The summed E-state index contributed by atoms with van der Waals surface area (Å²) in [6, 6.07) is 6.78. The number of carboxylic acids is 1. The molecule has 1 aromatic heterocycles. The van der Waals surface area contributed by atoms with Gasteiger partial charge >= 0.3 is 5.97 Å². The van der Waals surface area contributed by atoms with Crippen molar-refractivity contribution in [1.29, 1.82) is 0 Å². The van der Waals surface area contributed by atoms with Gasteiger partial charge in [0, 0.05) is 0 Å². The molecule has 17 heavy (non-hydrogen) atoms. The fourth-order valence-electron chi connectivity index (χ4n) is 1.33. The van der Waals surface area contributed by atoms with E-state index >= 15 is 0 Å². The van der Waals surface area contributed by atoms with Crippen LogP contribution in [0.4, 0.5) is 11.6 Å². The molecular formula is C11H8ClNO4. The lowest BCUT2D eigenvalue weighted by molar-refractivity contribution is 0.0695. The predicted molar refractivity (Wildman–Crippen MR) is 62.1 cm³/mol. The normalized spacial score (nSPS) is 10.2. The van der Waals surface area contributed by atoms with Crippen molar-refractivity contribution in [2.75, 3.05) is 5.32 Å². The van der Waals surface area contributed by atoms with Crippen molar-refractivity contribution in [2.45, 2.75) is 0 Å². The van der Waals surface area contributed by atoms with Crippen LogP contribution >= 0.6 is 11.6 Å². The summed E-state index contributed by atoms with van der Waals surface area (Å²) in [5, 5.41) is 21.3. The van der Waals surface area contributed by atoms with Gasteiger partial charge in [0.05, 0.1) is 10.7 Å². The van der Waals surface area contributed by atoms with Crippen LogP contribution in [0, 0.1) is 0 Å². The van der Waals surface area contributed by atoms with Gasteiger partial charge in [0.1, 0.15) is 6.26 Å². The second-order valence-electron chi connectivity index (χ2n) is 3.24. The zero-order chi connectivity index (χ0) is 12.4. The lowest BCUT2D eigenvalue weighted by Crippen LogP contribution is -2.00. The molecular weight excluding hydrogens is 246 g/mol. The molecule has 6 heteroatoms. The molecule has 0 fully saturated rings. The van der Waals surface area contributed by atoms with E-state index in [2.05, 4.69) is 5.32 Å². The van der Waals surface area contributed by atoms with Crippen LogP contribution in [-0.4, -0.2) is 16.2 Å². The van der Waals surface area contributed by atoms with Gasteiger partial charge in [0.2, 0.25) is 5.88 Å². The van der Waals surface area contributed by atoms with Gasteiger partial charge in [0.15, 0.2) is 11.3 Å². The molecule has 88 valence electrons. The molecule has 0 unspecified atom stereocenters. The summed E-state index contributed by atoms with van der Waals surface area (Å²) in [6.07, 6.45) is 0.947. The molecule has 0 spiro atoms. The summed E-state index contributed by atoms with van der Waals surface area (Å²) in [7, 11) is 0. The maximum Gasteiger partial charge on any atom is 0.345 e. The van der Waals surface area contributed by atoms with E-state index in [0.717, 1.165) is 6.26 Å². The van der Waals surface area contributed by atoms with Gasteiger partial charge in [-0.25, -0.2) is 4.79 Å². The Morgan fingerprint density at radius 3 is 2.71 bits per heavy atom. The van der Waals surface area contributed by atoms with Crippen molar-refractivity contribution >= 4 is 29.1 Å². The molecule has 1 heterocycles. The third-order valence-electron chi connectivity index (χ3n) is 2.11. The highest BCUT2D eigenvalue weighted by atomic mass is 35.5. The fraction of sp³-hybridized carbons (Fsp3) is 0. The molecule has 0 atom stereocenters. The van der Waals surface area contributed by atoms with Crippen molar-refractivity contribution in [3.8, 4) is 5.75 Å². The highest BCUT2D eigenvalue weighted by Gasteiger charge is 2.20. The maximum absolute atomic E-state index is 10.9. The van der Waals surface area contributed by atoms with Gasteiger partial charge < -0.3 is 19.9 Å². The number of carboxylic acid groups (broad SMARTS) is 1. The van der Waals surface area contributed by atoms with E-state index in [-0.39, 0.29) is 11.4 Å². The molecule has 5 nitrogen and oxygen atoms in total. The van der Waals surface area contributed by atoms with Crippen LogP contribution in [0.3, 0.4) is 0 Å². The Labute approximate surface area is 101 Å². The average molecular weight is 254 g/mol. The second kappa shape index (κ2) is 4.39. The van der Waals surface area contributed by atoms with Crippen LogP contribution in [0.1, 0.15) is 10.4 Å². The van der Waals surface area contributed by atoms with Gasteiger partial charge in [-0.05, 0) is 12.1 Å². The van der Waals surface area contributed by atoms with E-state index in [4.69, 9.17) is 21.1 Å². The first-order valence-corrected chi connectivity index (χ1v) is 5.02. The first-order valence-electron chi connectivity index (χ1n) is 4.65. The van der Waals surface area contributed by atoms with Crippen molar-refractivity contribution in [1.82, 2.24) is 0 Å². The highest BCUT2D eigenvalue weighted by molar-refractivity contribution is 6.33. The number of carbonyl (C=O) groups is 1. The number of benzene rings is 1. The van der Waals surface area contributed by atoms with E-state index in [1.165, 1.54) is 0 Å². The van der Waals surface area contributed by atoms with E-state index in [0.29, 0.717) is 10.7 Å². The number of anilines is 2. The van der Waals surface area contributed by atoms with Crippen LogP contribution in [0.15, 0.2) is 34.9 Å². The summed E-state index contributed by atoms with van der Waals surface area (Å²) >= 11 is 5.90. The number of rotatable bonds is 3. The van der Waals surface area contributed by atoms with Crippen LogP contribution in [0.25, 0.3) is 0 Å². The SMILES string of the molecule is O=C(O)c1c(O)coc1Nc1ccccc1Cl. The summed E-state index contributed by atoms with van der Waals surface area (Å²) < 4.78 is 4.92. The Morgan fingerprint density at radius 2 is 2.06 bits per heavy atom. The topological polar surface area (TPSA) is 82.7 Å². The second-order valence-corrected chi connectivity index (χ2v) is 3.64. The zero-order valence-electron chi connectivity index (χ0n) is 8.48. The molecule has 1 aromatic carbocycles. The van der Waals surface area contributed by atoms with Gasteiger partial charge in [0.25, 0.3) is 0 Å². The maximum atomic E-state index is 10.9. The van der Waals surface area contributed by atoms with Crippen LogP contribution < -0.4 is 5.32 Å². The monoisotopic (exact) mass is 253 g/mol. The zero-order valence-corrected chi connectivity index (χ0v) is 9.23. The number of halogens is 1. The first kappa shape index (κ1) is 11.3. The number of hydrogen-bond donors (Lipinski definition) is 3. The smallest absolute Gasteiger partial charge is 0.345 e. The quantitative estimate of drug-likeness (QED) is 0.783. The van der Waals surface area contributed by atoms with Crippen molar-refractivity contribution in [3.05, 3.63) is 41.1 Å². The molecule has 0 amide bonds. The Bertz CT molecular complexity index is 564. The van der Waals surface area contributed by atoms with Crippen LogP contribution in [0.2, 0.25) is 5.02 Å². The van der Waals surface area contributed by atoms with E-state index < -0.39 is 11.7 Å². The fourth-order valence-corrected chi connectivity index (χ4v) is 1.52. The lowest BCUT2D eigenvalue weighted by atomic mass is 10.2. The third-order valence-corrected chi connectivity index (χ3v) is 2.44. The molecule has 0 bridgehead atoms. The standard InChI is InChI=1S/C11H8ClNO4/c12-6-3-1-2-4-7(6)13-10-9(11(15)16)8(14)5-17-10/h1-5,13-14H,(H,15,16). The molecule has 0 aliphatic carbocycles. The van der Waals surface area contributed by atoms with Crippen LogP contribution in [-0.2, 0) is 0 Å². The van der Waals surface area contributed by atoms with E-state index in [9.17, 15) is 9.90 Å². The van der Waals surface area contributed by atoms with Gasteiger partial charge in [-0.3, -0.25) is 0 Å². The third kappa shape index (κ3) is 2.19. The lowest BCUT2D eigenvalue weighted by Gasteiger charge is -2.05. The molecule has 0 saturated heterocycles. The Kier molecular flexibility index (Phi) is 2.93. The Morgan fingerprint density at radius 1 is 1.35 bits per heavy atom. The molecule has 0 aliphatic rings. The minimum absolute atomic E-state index is 0.0666. The minimum Gasteiger partial charge on any atom is -0.504 e. The van der Waals surface area contributed by atoms with Crippen molar-refractivity contribution < 1.29 is 19.4 Å². The molecule has 2 rings (SSSR count). The van der Waals surface area contributed by atoms with Gasteiger partial charge in [-0.1, -0.05) is 23.7 Å². The largest absolute Gasteiger partial charge is 0.504 e. The molecule has 0 aliphatic heterocycles. The number of aromatic hydroxyl groups is 1. The minimum atomic E-state index is -1.29. The number of para-hydroxylation sites is 1. The summed E-state index contributed by atoms with van der Waals surface area (Å²) in [4.78, 5) is 10.9. The summed E-state index contributed by atoms with van der Waals surface area (Å²) in [5.41, 5.74) is 0.163. The number of nitrogens with one attached hydrogen (secondary N) is 1. The van der Waals surface area contributed by atoms with Crippen LogP contribution in [0.5, 0.6) is 5.75 Å². The number of hydrogen-bond acceptors (Lipinski definition) is 4. The summed E-state index contributed by atoms with van der Waals surface area (Å²) in [6.45, 7) is 0. The first-order chi connectivity index (χ1) is 8.09. The predicted octanol–water partition coefficient (Wildman–Crippen LogP) is 3.08. The molecule has 0 saturated carbocycles. The van der Waals surface area contributed by atoms with Crippen molar-refractivity contribution in [3.63, 3.8) is 0 Å². The van der Waals surface area contributed by atoms with Crippen molar-refractivity contribution in [2.24, 2.45) is 0 Å². The molecule has 0 radical (unpaired) electrons. The Balaban J connectivity index is 2.37.